The van der Waals surface area contributed by atoms with Crippen LogP contribution in [-0.4, -0.2) is 20.1 Å². The van der Waals surface area contributed by atoms with Crippen molar-refractivity contribution >= 4 is 5.69 Å². The molecule has 0 amide bonds. The summed E-state index contributed by atoms with van der Waals surface area (Å²) >= 11 is 0. The van der Waals surface area contributed by atoms with Crippen molar-refractivity contribution in [2.45, 2.75) is 6.92 Å². The fourth-order valence-corrected chi connectivity index (χ4v) is 3.05. The molecule has 1 heterocycles. The maximum Gasteiger partial charge on any atom is 0.188 e. The van der Waals surface area contributed by atoms with E-state index in [-0.39, 0.29) is 17.4 Å². The first-order valence-corrected chi connectivity index (χ1v) is 9.12. The Morgan fingerprint density at radius 2 is 1.57 bits per heavy atom. The SMILES string of the molecule is [C-]#[N+]c1ccc(C#N)c(-c2nc(-c3ccccc3)nc(-c3ccc(C)cc3O)n2)c1. The first kappa shape index (κ1) is 18.8. The predicted molar refractivity (Wildman–Crippen MR) is 114 cm³/mol. The fourth-order valence-electron chi connectivity index (χ4n) is 3.05. The van der Waals surface area contributed by atoms with Gasteiger partial charge in [-0.15, -0.1) is 0 Å². The Balaban J connectivity index is 2.00. The summed E-state index contributed by atoms with van der Waals surface area (Å²) in [5.41, 5.74) is 3.32. The average Bonchev–Trinajstić information content (AvgIpc) is 2.79. The molecule has 1 N–H and O–H groups in total. The van der Waals surface area contributed by atoms with E-state index < -0.39 is 0 Å². The normalized spacial score (nSPS) is 10.2. The molecule has 6 heteroatoms. The number of aryl methyl sites for hydroxylation is 1. The maximum atomic E-state index is 10.5. The summed E-state index contributed by atoms with van der Waals surface area (Å²) in [7, 11) is 0. The van der Waals surface area contributed by atoms with Crippen molar-refractivity contribution in [2.75, 3.05) is 0 Å². The molecule has 0 bridgehead atoms. The van der Waals surface area contributed by atoms with Gasteiger partial charge in [-0.1, -0.05) is 48.5 Å². The van der Waals surface area contributed by atoms with Crippen LogP contribution < -0.4 is 0 Å². The van der Waals surface area contributed by atoms with Gasteiger partial charge in [0.1, 0.15) is 5.75 Å². The lowest BCUT2D eigenvalue weighted by atomic mass is 10.1. The van der Waals surface area contributed by atoms with Crippen LogP contribution in [0, 0.1) is 24.8 Å². The monoisotopic (exact) mass is 389 g/mol. The number of hydrogen-bond donors (Lipinski definition) is 1. The first-order valence-electron chi connectivity index (χ1n) is 9.12. The minimum absolute atomic E-state index is 0.0570. The van der Waals surface area contributed by atoms with E-state index in [2.05, 4.69) is 25.9 Å². The largest absolute Gasteiger partial charge is 0.507 e. The Kier molecular flexibility index (Phi) is 4.90. The molecule has 0 saturated carbocycles. The van der Waals surface area contributed by atoms with Gasteiger partial charge in [0.15, 0.2) is 23.2 Å². The molecule has 0 radical (unpaired) electrons. The molecule has 0 aliphatic heterocycles. The van der Waals surface area contributed by atoms with Crippen molar-refractivity contribution in [3.63, 3.8) is 0 Å². The molecular formula is C24H15N5O. The molecule has 4 aromatic rings. The third-order valence-electron chi connectivity index (χ3n) is 4.56. The molecule has 0 atom stereocenters. The van der Waals surface area contributed by atoms with Crippen LogP contribution in [0.4, 0.5) is 5.69 Å². The van der Waals surface area contributed by atoms with Crippen LogP contribution >= 0.6 is 0 Å². The number of nitriles is 1. The third kappa shape index (κ3) is 3.58. The van der Waals surface area contributed by atoms with E-state index in [1.54, 1.807) is 30.3 Å². The van der Waals surface area contributed by atoms with Crippen LogP contribution in [0.15, 0.2) is 66.7 Å². The van der Waals surface area contributed by atoms with E-state index >= 15 is 0 Å². The van der Waals surface area contributed by atoms with Crippen LogP contribution in [0.5, 0.6) is 5.75 Å². The minimum Gasteiger partial charge on any atom is -0.507 e. The lowest BCUT2D eigenvalue weighted by Crippen LogP contribution is -2.01. The highest BCUT2D eigenvalue weighted by atomic mass is 16.3. The van der Waals surface area contributed by atoms with E-state index in [4.69, 9.17) is 6.57 Å². The molecule has 1 aromatic heterocycles. The number of nitrogens with zero attached hydrogens (tertiary/aromatic N) is 5. The summed E-state index contributed by atoms with van der Waals surface area (Å²) in [6.45, 7) is 9.17. The molecule has 0 aliphatic rings. The summed E-state index contributed by atoms with van der Waals surface area (Å²) in [4.78, 5) is 17.1. The number of aromatic nitrogens is 3. The van der Waals surface area contributed by atoms with Gasteiger partial charge >= 0.3 is 0 Å². The van der Waals surface area contributed by atoms with Gasteiger partial charge in [0.2, 0.25) is 0 Å². The highest BCUT2D eigenvalue weighted by Crippen LogP contribution is 2.32. The van der Waals surface area contributed by atoms with Gasteiger partial charge in [0.05, 0.1) is 23.8 Å². The van der Waals surface area contributed by atoms with Crippen molar-refractivity contribution in [3.05, 3.63) is 89.3 Å². The Labute approximate surface area is 173 Å². The second-order valence-corrected chi connectivity index (χ2v) is 6.65. The number of benzene rings is 3. The van der Waals surface area contributed by atoms with Gasteiger partial charge in [0, 0.05) is 11.1 Å². The third-order valence-corrected chi connectivity index (χ3v) is 4.56. The van der Waals surface area contributed by atoms with E-state index in [0.717, 1.165) is 11.1 Å². The Morgan fingerprint density at radius 1 is 0.867 bits per heavy atom. The number of hydrogen-bond acceptors (Lipinski definition) is 5. The van der Waals surface area contributed by atoms with Gasteiger partial charge in [-0.3, -0.25) is 0 Å². The molecule has 30 heavy (non-hydrogen) atoms. The van der Waals surface area contributed by atoms with Gasteiger partial charge in [-0.2, -0.15) is 5.26 Å². The summed E-state index contributed by atoms with van der Waals surface area (Å²) in [5.74, 6) is 1.02. The molecular weight excluding hydrogens is 374 g/mol. The van der Waals surface area contributed by atoms with Crippen LogP contribution in [0.1, 0.15) is 11.1 Å². The summed E-state index contributed by atoms with van der Waals surface area (Å²) in [6.07, 6.45) is 0. The quantitative estimate of drug-likeness (QED) is 0.480. The molecule has 6 nitrogen and oxygen atoms in total. The summed E-state index contributed by atoms with van der Waals surface area (Å²) in [5, 5.41) is 20.0. The zero-order valence-electron chi connectivity index (χ0n) is 16.0. The molecule has 0 fully saturated rings. The van der Waals surface area contributed by atoms with Crippen LogP contribution in [0.25, 0.3) is 39.0 Å². The van der Waals surface area contributed by atoms with Crippen molar-refractivity contribution in [1.29, 1.82) is 5.26 Å². The lowest BCUT2D eigenvalue weighted by Gasteiger charge is -2.10. The second-order valence-electron chi connectivity index (χ2n) is 6.65. The van der Waals surface area contributed by atoms with E-state index in [0.29, 0.717) is 28.2 Å². The van der Waals surface area contributed by atoms with Crippen molar-refractivity contribution in [2.24, 2.45) is 0 Å². The van der Waals surface area contributed by atoms with Crippen molar-refractivity contribution in [1.82, 2.24) is 15.0 Å². The van der Waals surface area contributed by atoms with Crippen LogP contribution in [0.3, 0.4) is 0 Å². The smallest absolute Gasteiger partial charge is 0.188 e. The number of aromatic hydroxyl groups is 1. The van der Waals surface area contributed by atoms with Gasteiger partial charge in [-0.05, 0) is 30.7 Å². The topological polar surface area (TPSA) is 87.0 Å². The van der Waals surface area contributed by atoms with Crippen LogP contribution in [0.2, 0.25) is 0 Å². The summed E-state index contributed by atoms with van der Waals surface area (Å²) < 4.78 is 0. The Morgan fingerprint density at radius 3 is 2.23 bits per heavy atom. The predicted octanol–water partition coefficient (Wildman–Crippen LogP) is 5.31. The molecule has 0 unspecified atom stereocenters. The molecule has 0 aliphatic carbocycles. The van der Waals surface area contributed by atoms with E-state index in [9.17, 15) is 10.4 Å². The highest BCUT2D eigenvalue weighted by Gasteiger charge is 2.17. The van der Waals surface area contributed by atoms with Crippen molar-refractivity contribution in [3.8, 4) is 46.0 Å². The van der Waals surface area contributed by atoms with Gasteiger partial charge in [0.25, 0.3) is 0 Å². The molecule has 4 rings (SSSR count). The zero-order valence-corrected chi connectivity index (χ0v) is 16.0. The number of phenolic OH excluding ortho intramolecular Hbond substituents is 1. The molecule has 3 aromatic carbocycles. The van der Waals surface area contributed by atoms with Gasteiger partial charge < -0.3 is 5.11 Å². The number of rotatable bonds is 3. The highest BCUT2D eigenvalue weighted by molar-refractivity contribution is 5.74. The fraction of sp³-hybridized carbons (Fsp3) is 0.0417. The van der Waals surface area contributed by atoms with E-state index in [1.165, 1.54) is 0 Å². The zero-order chi connectivity index (χ0) is 21.1. The second kappa shape index (κ2) is 7.83. The molecule has 0 spiro atoms. The standard InChI is InChI=1S/C24H15N5O/c1-15-8-11-19(21(30)12-15)23-27-22(16-6-4-3-5-7-16)28-24(29-23)20-13-18(26-2)10-9-17(20)14-25/h3-13,30H,1H3. The van der Waals surface area contributed by atoms with Gasteiger partial charge in [-0.25, -0.2) is 19.8 Å². The molecule has 142 valence electrons. The van der Waals surface area contributed by atoms with Crippen LogP contribution in [-0.2, 0) is 0 Å². The minimum atomic E-state index is 0.0570. The lowest BCUT2D eigenvalue weighted by molar-refractivity contribution is 0.476. The Hall–Kier alpha value is -4.55. The average molecular weight is 389 g/mol. The first-order chi connectivity index (χ1) is 14.6. The van der Waals surface area contributed by atoms with E-state index in [1.807, 2.05) is 43.3 Å². The Bertz CT molecular complexity index is 1330. The summed E-state index contributed by atoms with van der Waals surface area (Å²) in [6, 6.07) is 21.5. The van der Waals surface area contributed by atoms with Crippen molar-refractivity contribution < 1.29 is 5.11 Å². The number of phenols is 1. The molecule has 0 saturated heterocycles. The maximum absolute atomic E-state index is 10.5.